The molecule has 3 nitrogen and oxygen atoms in total. The predicted molar refractivity (Wildman–Crippen MR) is 134 cm³/mol. The van der Waals surface area contributed by atoms with E-state index in [9.17, 15) is 5.11 Å². The fourth-order valence-electron chi connectivity index (χ4n) is 4.55. The van der Waals surface area contributed by atoms with Crippen LogP contribution in [0.3, 0.4) is 0 Å². The van der Waals surface area contributed by atoms with E-state index in [0.29, 0.717) is 5.75 Å². The number of fused-ring (bicyclic) bond motifs is 1. The second kappa shape index (κ2) is 9.85. The minimum absolute atomic E-state index is 0.307. The molecule has 0 atom stereocenters. The summed E-state index contributed by atoms with van der Waals surface area (Å²) in [6, 6.07) is 24.9. The highest BCUT2D eigenvalue weighted by atomic mass is 32.2. The summed E-state index contributed by atoms with van der Waals surface area (Å²) in [7, 11) is 0. The molecule has 0 saturated carbocycles. The van der Waals surface area contributed by atoms with Crippen molar-refractivity contribution in [2.24, 2.45) is 0 Å². The lowest BCUT2D eigenvalue weighted by Crippen LogP contribution is -2.25. The molecule has 0 aromatic heterocycles. The highest BCUT2D eigenvalue weighted by Gasteiger charge is 2.21. The van der Waals surface area contributed by atoms with Gasteiger partial charge in [0.05, 0.1) is 0 Å². The average molecular weight is 444 g/mol. The third kappa shape index (κ3) is 4.87. The van der Waals surface area contributed by atoms with Crippen LogP contribution in [0.2, 0.25) is 0 Å². The number of hydrogen-bond donors (Lipinski definition) is 1. The maximum Gasteiger partial charge on any atom is 0.119 e. The molecule has 32 heavy (non-hydrogen) atoms. The number of rotatable bonds is 7. The normalized spacial score (nSPS) is 16.2. The second-order valence-corrected chi connectivity index (χ2v) is 9.50. The lowest BCUT2D eigenvalue weighted by atomic mass is 9.92. The highest BCUT2D eigenvalue weighted by Crippen LogP contribution is 2.45. The number of phenolic OH excluding ortho intramolecular Hbond substituents is 1. The molecule has 164 valence electrons. The Bertz CT molecular complexity index is 1080. The molecule has 3 aromatic carbocycles. The molecular formula is C28H29NO2S. The summed E-state index contributed by atoms with van der Waals surface area (Å²) in [5.74, 6) is 2.23. The van der Waals surface area contributed by atoms with Crippen LogP contribution in [0.4, 0.5) is 0 Å². The lowest BCUT2D eigenvalue weighted by molar-refractivity contribution is 0.238. The van der Waals surface area contributed by atoms with E-state index in [2.05, 4.69) is 53.4 Å². The van der Waals surface area contributed by atoms with E-state index in [4.69, 9.17) is 4.74 Å². The fraction of sp³-hybridized carbons (Fsp3) is 0.286. The zero-order valence-corrected chi connectivity index (χ0v) is 19.1. The minimum Gasteiger partial charge on any atom is -0.508 e. The Labute approximate surface area is 194 Å². The first-order chi connectivity index (χ1) is 15.8. The monoisotopic (exact) mass is 443 g/mol. The van der Waals surface area contributed by atoms with Gasteiger partial charge in [-0.1, -0.05) is 48.5 Å². The van der Waals surface area contributed by atoms with E-state index in [1.165, 1.54) is 58.7 Å². The van der Waals surface area contributed by atoms with Crippen molar-refractivity contribution in [3.8, 4) is 11.5 Å². The van der Waals surface area contributed by atoms with Crippen LogP contribution in [-0.2, 0) is 12.2 Å². The summed E-state index contributed by atoms with van der Waals surface area (Å²) in [6.45, 7) is 4.17. The Balaban J connectivity index is 1.38. The molecule has 0 aliphatic carbocycles. The quantitative estimate of drug-likeness (QED) is 0.470. The van der Waals surface area contributed by atoms with Crippen LogP contribution in [0.5, 0.6) is 11.5 Å². The molecule has 0 radical (unpaired) electrons. The van der Waals surface area contributed by atoms with Crippen LogP contribution in [0.25, 0.3) is 10.5 Å². The Hall–Kier alpha value is -2.69. The van der Waals surface area contributed by atoms with Crippen molar-refractivity contribution in [3.63, 3.8) is 0 Å². The van der Waals surface area contributed by atoms with Gasteiger partial charge >= 0.3 is 0 Å². The van der Waals surface area contributed by atoms with Crippen LogP contribution in [-0.4, -0.2) is 36.2 Å². The van der Waals surface area contributed by atoms with Crippen LogP contribution in [0.15, 0.2) is 72.8 Å². The summed E-state index contributed by atoms with van der Waals surface area (Å²) in [6.07, 6.45) is 3.47. The smallest absolute Gasteiger partial charge is 0.119 e. The minimum atomic E-state index is 0.307. The van der Waals surface area contributed by atoms with Crippen molar-refractivity contribution in [2.45, 2.75) is 25.0 Å². The molecule has 2 aliphatic heterocycles. The van der Waals surface area contributed by atoms with Gasteiger partial charge in [-0.3, -0.25) is 4.90 Å². The summed E-state index contributed by atoms with van der Waals surface area (Å²) < 4.78 is 6.01. The maximum atomic E-state index is 9.67. The molecule has 1 fully saturated rings. The molecule has 0 bridgehead atoms. The number of hydrogen-bond acceptors (Lipinski definition) is 4. The molecule has 1 saturated heterocycles. The zero-order chi connectivity index (χ0) is 21.8. The topological polar surface area (TPSA) is 32.7 Å². The molecule has 3 aromatic rings. The van der Waals surface area contributed by atoms with Crippen LogP contribution < -0.4 is 4.74 Å². The van der Waals surface area contributed by atoms with Crippen LogP contribution in [0, 0.1) is 0 Å². The average Bonchev–Trinajstić information content (AvgIpc) is 3.35. The number of nitrogens with zero attached hydrogens (tertiary/aromatic N) is 1. The molecule has 2 aliphatic rings. The van der Waals surface area contributed by atoms with E-state index < -0.39 is 0 Å². The van der Waals surface area contributed by atoms with Gasteiger partial charge in [-0.15, -0.1) is 11.8 Å². The van der Waals surface area contributed by atoms with E-state index in [1.807, 2.05) is 23.9 Å². The maximum absolute atomic E-state index is 9.67. The zero-order valence-electron chi connectivity index (χ0n) is 18.3. The summed E-state index contributed by atoms with van der Waals surface area (Å²) in [4.78, 5) is 3.81. The van der Waals surface area contributed by atoms with E-state index >= 15 is 0 Å². The molecule has 0 unspecified atom stereocenters. The molecule has 2 heterocycles. The number of thioether (sulfide) groups is 1. The van der Waals surface area contributed by atoms with Gasteiger partial charge in [-0.25, -0.2) is 0 Å². The SMILES string of the molecule is Oc1ccc(CC2=C(c3ccc(OCCN4CCCC4)cc3)SCc3ccccc32)cc1. The van der Waals surface area contributed by atoms with Crippen molar-refractivity contribution >= 4 is 22.2 Å². The first-order valence-corrected chi connectivity index (χ1v) is 12.4. The van der Waals surface area contributed by atoms with Gasteiger partial charge in [-0.2, -0.15) is 0 Å². The summed E-state index contributed by atoms with van der Waals surface area (Å²) in [5.41, 5.74) is 6.52. The van der Waals surface area contributed by atoms with Crippen molar-refractivity contribution in [2.75, 3.05) is 26.2 Å². The third-order valence-corrected chi connectivity index (χ3v) is 7.52. The van der Waals surface area contributed by atoms with Crippen molar-refractivity contribution in [1.82, 2.24) is 4.90 Å². The number of aromatic hydroxyl groups is 1. The predicted octanol–water partition coefficient (Wildman–Crippen LogP) is 6.22. The molecule has 4 heteroatoms. The molecule has 5 rings (SSSR count). The Morgan fingerprint density at radius 3 is 2.41 bits per heavy atom. The third-order valence-electron chi connectivity index (χ3n) is 6.30. The van der Waals surface area contributed by atoms with Crippen molar-refractivity contribution in [1.29, 1.82) is 0 Å². The van der Waals surface area contributed by atoms with E-state index in [1.54, 1.807) is 12.1 Å². The second-order valence-electron chi connectivity index (χ2n) is 8.52. The number of benzene rings is 3. The first-order valence-electron chi connectivity index (χ1n) is 11.4. The standard InChI is InChI=1S/C28H29NO2S/c30-24-11-7-21(8-12-24)19-27-26-6-2-1-5-23(26)20-32-28(27)22-9-13-25(14-10-22)31-18-17-29-15-3-4-16-29/h1-2,5-14,30H,3-4,15-20H2. The number of phenols is 1. The Morgan fingerprint density at radius 1 is 0.875 bits per heavy atom. The molecule has 0 amide bonds. The number of likely N-dealkylation sites (tertiary alicyclic amines) is 1. The van der Waals surface area contributed by atoms with Gasteiger partial charge < -0.3 is 9.84 Å². The molecule has 0 spiro atoms. The summed E-state index contributed by atoms with van der Waals surface area (Å²) in [5, 5.41) is 9.67. The van der Waals surface area contributed by atoms with Crippen molar-refractivity contribution in [3.05, 3.63) is 95.1 Å². The number of ether oxygens (including phenoxy) is 1. The first kappa shape index (κ1) is 21.2. The number of allylic oxidation sites excluding steroid dienone is 1. The highest BCUT2D eigenvalue weighted by molar-refractivity contribution is 8.07. The van der Waals surface area contributed by atoms with Gasteiger partial charge in [0.2, 0.25) is 0 Å². The van der Waals surface area contributed by atoms with E-state index in [-0.39, 0.29) is 0 Å². The summed E-state index contributed by atoms with van der Waals surface area (Å²) >= 11 is 1.91. The molecule has 1 N–H and O–H groups in total. The van der Waals surface area contributed by atoms with Gasteiger partial charge in [0.25, 0.3) is 0 Å². The lowest BCUT2D eigenvalue weighted by Gasteiger charge is -2.24. The van der Waals surface area contributed by atoms with Crippen molar-refractivity contribution < 1.29 is 9.84 Å². The van der Waals surface area contributed by atoms with Gasteiger partial charge in [0.15, 0.2) is 0 Å². The van der Waals surface area contributed by atoms with E-state index in [0.717, 1.165) is 31.1 Å². The van der Waals surface area contributed by atoms with Crippen LogP contribution in [0.1, 0.15) is 35.1 Å². The van der Waals surface area contributed by atoms with Gasteiger partial charge in [0, 0.05) is 17.2 Å². The van der Waals surface area contributed by atoms with Crippen LogP contribution >= 0.6 is 11.8 Å². The fourth-order valence-corrected chi connectivity index (χ4v) is 5.76. The Morgan fingerprint density at radius 2 is 1.62 bits per heavy atom. The largest absolute Gasteiger partial charge is 0.508 e. The Kier molecular flexibility index (Phi) is 6.51. The molecular weight excluding hydrogens is 414 g/mol. The van der Waals surface area contributed by atoms with Gasteiger partial charge in [0.1, 0.15) is 18.1 Å². The van der Waals surface area contributed by atoms with Gasteiger partial charge in [-0.05, 0) is 84.4 Å².